The Hall–Kier alpha value is -4.26. The van der Waals surface area contributed by atoms with Crippen molar-refractivity contribution in [3.05, 3.63) is 53.3 Å². The van der Waals surface area contributed by atoms with Crippen molar-refractivity contribution in [1.82, 2.24) is 34.6 Å². The Balaban J connectivity index is 1.28. The summed E-state index contributed by atoms with van der Waals surface area (Å²) in [6.45, 7) is 3.42. The molecule has 0 spiro atoms. The van der Waals surface area contributed by atoms with E-state index in [2.05, 4.69) is 53.2 Å². The average molecular weight is 605 g/mol. The van der Waals surface area contributed by atoms with Gasteiger partial charge in [-0.05, 0) is 51.9 Å². The van der Waals surface area contributed by atoms with E-state index >= 15 is 0 Å². The van der Waals surface area contributed by atoms with Crippen LogP contribution in [0.2, 0.25) is 0 Å². The molecule has 3 atom stereocenters. The molecular formula is C27H25BrN8O4. The molecule has 1 N–H and O–H groups in total. The molecule has 0 radical (unpaired) electrons. The maximum absolute atomic E-state index is 13.7. The van der Waals surface area contributed by atoms with Crippen LogP contribution in [0, 0.1) is 5.41 Å². The Bertz CT molecular complexity index is 1670. The van der Waals surface area contributed by atoms with Gasteiger partial charge in [0, 0.05) is 36.3 Å². The number of carbonyl (C=O) groups excluding carboxylic acids is 3. The fourth-order valence-corrected chi connectivity index (χ4v) is 5.80. The van der Waals surface area contributed by atoms with Gasteiger partial charge in [-0.3, -0.25) is 24.0 Å². The molecule has 4 aromatic rings. The number of methoxy groups -OCH3 is 1. The van der Waals surface area contributed by atoms with Crippen molar-refractivity contribution in [2.24, 2.45) is 5.41 Å². The lowest BCUT2D eigenvalue weighted by Crippen LogP contribution is -2.46. The van der Waals surface area contributed by atoms with Crippen molar-refractivity contribution in [3.8, 4) is 17.1 Å². The van der Waals surface area contributed by atoms with Crippen molar-refractivity contribution < 1.29 is 19.1 Å². The normalized spacial score (nSPS) is 21.2. The average Bonchev–Trinajstić information content (AvgIpc) is 3.30. The second-order valence-electron chi connectivity index (χ2n) is 10.4. The van der Waals surface area contributed by atoms with E-state index in [9.17, 15) is 14.4 Å². The van der Waals surface area contributed by atoms with Gasteiger partial charge in [0.05, 0.1) is 25.0 Å². The number of nitrogens with one attached hydrogen (secondary N) is 1. The number of nitrogens with zero attached hydrogens (tertiary/aromatic N) is 7. The van der Waals surface area contributed by atoms with Gasteiger partial charge in [-0.15, -0.1) is 0 Å². The van der Waals surface area contributed by atoms with E-state index in [1.54, 1.807) is 17.3 Å². The smallest absolute Gasteiger partial charge is 0.316 e. The summed E-state index contributed by atoms with van der Waals surface area (Å²) in [6.07, 6.45) is 7.65. The first-order chi connectivity index (χ1) is 19.2. The molecule has 1 unspecified atom stereocenters. The van der Waals surface area contributed by atoms with E-state index in [0.717, 1.165) is 17.5 Å². The number of anilines is 1. The van der Waals surface area contributed by atoms with E-state index in [1.807, 2.05) is 18.2 Å². The highest BCUT2D eigenvalue weighted by Crippen LogP contribution is 2.59. The molecule has 12 nitrogen and oxygen atoms in total. The van der Waals surface area contributed by atoms with Gasteiger partial charge in [0.15, 0.2) is 11.6 Å². The van der Waals surface area contributed by atoms with E-state index in [-0.39, 0.29) is 47.3 Å². The van der Waals surface area contributed by atoms with Crippen LogP contribution < -0.4 is 10.1 Å². The fraction of sp³-hybridized carbons (Fsp3) is 0.333. The standard InChI is InChI=1S/C27H25BrN8O4/c1-14(37)24-17-6-15(16-9-30-26(40-3)31-10-16)4-5-18(17)35(34-24)13-23(38)36-19(7-27(2)8-20(27)36)25(39)33-22-12-29-11-21(28)32-22/h4-6,9-12,19-20H,7-8,13H2,1-3H3,(H,32,33,39)/t19-,20+,27?/m0/s1. The molecule has 1 aliphatic carbocycles. The third-order valence-corrected chi connectivity index (χ3v) is 7.98. The van der Waals surface area contributed by atoms with Gasteiger partial charge in [-0.1, -0.05) is 13.0 Å². The second kappa shape index (κ2) is 9.73. The van der Waals surface area contributed by atoms with Crippen molar-refractivity contribution in [3.63, 3.8) is 0 Å². The maximum Gasteiger partial charge on any atom is 0.316 e. The molecule has 6 rings (SSSR count). The highest BCUT2D eigenvalue weighted by Gasteiger charge is 2.64. The Kier molecular flexibility index (Phi) is 6.32. The lowest BCUT2D eigenvalue weighted by Gasteiger charge is -2.26. The maximum atomic E-state index is 13.7. The van der Waals surface area contributed by atoms with Crippen LogP contribution in [0.25, 0.3) is 22.0 Å². The molecule has 0 bridgehead atoms. The van der Waals surface area contributed by atoms with Gasteiger partial charge in [-0.25, -0.2) is 15.0 Å². The van der Waals surface area contributed by atoms with Crippen LogP contribution in [0.1, 0.15) is 37.2 Å². The summed E-state index contributed by atoms with van der Waals surface area (Å²) >= 11 is 3.25. The Morgan fingerprint density at radius 3 is 2.60 bits per heavy atom. The lowest BCUT2D eigenvalue weighted by atomic mass is 10.0. The summed E-state index contributed by atoms with van der Waals surface area (Å²) in [4.78, 5) is 57.7. The van der Waals surface area contributed by atoms with Crippen LogP contribution in [0.4, 0.5) is 5.82 Å². The molecule has 4 heterocycles. The quantitative estimate of drug-likeness (QED) is 0.314. The van der Waals surface area contributed by atoms with E-state index in [4.69, 9.17) is 4.74 Å². The van der Waals surface area contributed by atoms with Gasteiger partial charge in [0.2, 0.25) is 11.8 Å². The summed E-state index contributed by atoms with van der Waals surface area (Å²) in [5.41, 5.74) is 2.34. The minimum absolute atomic E-state index is 0.0277. The fourth-order valence-electron chi connectivity index (χ4n) is 5.49. The third-order valence-electron chi connectivity index (χ3n) is 7.60. The number of likely N-dealkylation sites (tertiary alicyclic amines) is 1. The number of hydrogen-bond acceptors (Lipinski definition) is 9. The zero-order chi connectivity index (χ0) is 28.2. The molecule has 204 valence electrons. The van der Waals surface area contributed by atoms with Crippen molar-refractivity contribution in [2.75, 3.05) is 12.4 Å². The summed E-state index contributed by atoms with van der Waals surface area (Å²) in [6, 6.07) is 5.11. The molecule has 40 heavy (non-hydrogen) atoms. The van der Waals surface area contributed by atoms with Gasteiger partial charge in [-0.2, -0.15) is 5.10 Å². The van der Waals surface area contributed by atoms with Crippen LogP contribution in [0.15, 0.2) is 47.6 Å². The zero-order valence-corrected chi connectivity index (χ0v) is 23.5. The van der Waals surface area contributed by atoms with E-state index in [0.29, 0.717) is 27.7 Å². The molecule has 13 heteroatoms. The van der Waals surface area contributed by atoms with Crippen LogP contribution in [0.3, 0.4) is 0 Å². The minimum atomic E-state index is -0.646. The van der Waals surface area contributed by atoms with Crippen LogP contribution in [-0.4, -0.2) is 71.4 Å². The first kappa shape index (κ1) is 26.0. The number of amides is 2. The highest BCUT2D eigenvalue weighted by atomic mass is 79.9. The first-order valence-corrected chi connectivity index (χ1v) is 13.4. The number of benzene rings is 1. The van der Waals surface area contributed by atoms with E-state index < -0.39 is 6.04 Å². The molecule has 1 aromatic carbocycles. The Labute approximate surface area is 237 Å². The molecule has 1 aliphatic heterocycles. The largest absolute Gasteiger partial charge is 0.467 e. The number of hydrogen-bond donors (Lipinski definition) is 1. The van der Waals surface area contributed by atoms with Crippen molar-refractivity contribution in [1.29, 1.82) is 0 Å². The van der Waals surface area contributed by atoms with E-state index in [1.165, 1.54) is 31.1 Å². The first-order valence-electron chi connectivity index (χ1n) is 12.6. The number of fused-ring (bicyclic) bond motifs is 2. The topological polar surface area (TPSA) is 145 Å². The highest BCUT2D eigenvalue weighted by molar-refractivity contribution is 9.10. The monoisotopic (exact) mass is 604 g/mol. The van der Waals surface area contributed by atoms with Gasteiger partial charge in [0.25, 0.3) is 0 Å². The molecule has 2 fully saturated rings. The number of aromatic nitrogens is 6. The van der Waals surface area contributed by atoms with Crippen LogP contribution in [-0.2, 0) is 16.1 Å². The van der Waals surface area contributed by atoms with Crippen LogP contribution in [0.5, 0.6) is 6.01 Å². The predicted octanol–water partition coefficient (Wildman–Crippen LogP) is 3.28. The number of piperidine rings is 1. The SMILES string of the molecule is COc1ncc(-c2ccc3c(c2)c(C(C)=O)nn3CC(=O)N2[C@H](C(=O)Nc3cncc(Br)n3)CC3(C)C[C@@H]23)cn1. The molecule has 2 aliphatic rings. The molecule has 1 saturated heterocycles. The number of halogens is 1. The third kappa shape index (κ3) is 4.59. The Morgan fingerprint density at radius 2 is 1.90 bits per heavy atom. The van der Waals surface area contributed by atoms with Crippen molar-refractivity contribution >= 4 is 50.2 Å². The number of ether oxygens (including phenoxy) is 1. The molecule has 2 amide bonds. The summed E-state index contributed by atoms with van der Waals surface area (Å²) in [5.74, 6) is -0.462. The molecular weight excluding hydrogens is 580 g/mol. The number of Topliss-reactive ketones (excluding diaryl/α,β-unsaturated/α-hetero) is 1. The predicted molar refractivity (Wildman–Crippen MR) is 147 cm³/mol. The summed E-state index contributed by atoms with van der Waals surface area (Å²) in [7, 11) is 1.49. The van der Waals surface area contributed by atoms with Gasteiger partial charge in [0.1, 0.15) is 22.9 Å². The Morgan fingerprint density at radius 1 is 1.12 bits per heavy atom. The lowest BCUT2D eigenvalue weighted by molar-refractivity contribution is -0.138. The summed E-state index contributed by atoms with van der Waals surface area (Å²) < 4.78 is 7.06. The second-order valence-corrected chi connectivity index (χ2v) is 11.2. The summed E-state index contributed by atoms with van der Waals surface area (Å²) in [5, 5.41) is 7.92. The van der Waals surface area contributed by atoms with Gasteiger partial charge >= 0.3 is 6.01 Å². The minimum Gasteiger partial charge on any atom is -0.467 e. The number of rotatable bonds is 7. The zero-order valence-electron chi connectivity index (χ0n) is 22.0. The number of ketones is 1. The van der Waals surface area contributed by atoms with Gasteiger partial charge < -0.3 is 15.0 Å². The molecule has 1 saturated carbocycles. The number of carbonyl (C=O) groups is 3. The van der Waals surface area contributed by atoms with Crippen molar-refractivity contribution in [2.45, 2.75) is 45.3 Å². The van der Waals surface area contributed by atoms with Crippen LogP contribution >= 0.6 is 15.9 Å². The molecule has 3 aromatic heterocycles.